The Morgan fingerprint density at radius 2 is 1.67 bits per heavy atom. The van der Waals surface area contributed by atoms with Crippen molar-refractivity contribution in [2.24, 2.45) is 0 Å². The summed E-state index contributed by atoms with van der Waals surface area (Å²) >= 11 is 5.20. The van der Waals surface area contributed by atoms with Gasteiger partial charge in [-0.05, 0) is 47.8 Å². The van der Waals surface area contributed by atoms with Crippen molar-refractivity contribution in [3.63, 3.8) is 0 Å². The van der Waals surface area contributed by atoms with Gasteiger partial charge in [-0.1, -0.05) is 0 Å². The normalized spacial score (nSPS) is 14.2. The molecule has 1 atom stereocenters. The molecule has 12 heavy (non-hydrogen) atoms. The molecular formula is C3Br3F3O2S. The van der Waals surface area contributed by atoms with Gasteiger partial charge < -0.3 is 0 Å². The van der Waals surface area contributed by atoms with Crippen LogP contribution in [0.15, 0.2) is 11.2 Å². The van der Waals surface area contributed by atoms with Crippen LogP contribution in [0.1, 0.15) is 0 Å². The molecule has 0 aromatic rings. The third kappa shape index (κ3) is 5.68. The largest absolute Gasteiger partial charge is 0.317 e. The van der Waals surface area contributed by atoms with E-state index < -0.39 is 24.6 Å². The van der Waals surface area contributed by atoms with Gasteiger partial charge in [0.2, 0.25) is 13.4 Å². The lowest BCUT2D eigenvalue weighted by Crippen LogP contribution is -2.09. The van der Waals surface area contributed by atoms with E-state index in [4.69, 9.17) is 0 Å². The van der Waals surface area contributed by atoms with Crippen LogP contribution >= 0.6 is 47.8 Å². The summed E-state index contributed by atoms with van der Waals surface area (Å²) < 4.78 is 48.1. The first-order valence-corrected chi connectivity index (χ1v) is 5.58. The highest BCUT2D eigenvalue weighted by molar-refractivity contribution is 9.39. The smallest absolute Gasteiger partial charge is 0.243 e. The Hall–Kier alpha value is 1.08. The highest BCUT2D eigenvalue weighted by Crippen LogP contribution is 2.37. The first kappa shape index (κ1) is 13.1. The van der Waals surface area contributed by atoms with Crippen LogP contribution in [0, 0.1) is 0 Å². The van der Waals surface area contributed by atoms with E-state index >= 15 is 0 Å². The lowest BCUT2D eigenvalue weighted by atomic mass is 11.1. The highest BCUT2D eigenvalue weighted by Gasteiger charge is 2.26. The van der Waals surface area contributed by atoms with E-state index in [2.05, 4.69) is 52.0 Å². The van der Waals surface area contributed by atoms with Crippen molar-refractivity contribution in [3.8, 4) is 0 Å². The maximum absolute atomic E-state index is 12.1. The van der Waals surface area contributed by atoms with E-state index in [1.54, 1.807) is 0 Å². The van der Waals surface area contributed by atoms with E-state index in [0.29, 0.717) is 0 Å². The van der Waals surface area contributed by atoms with Gasteiger partial charge in [0, 0.05) is 0 Å². The zero-order valence-electron chi connectivity index (χ0n) is 4.99. The molecule has 0 saturated carbocycles. The Morgan fingerprint density at radius 1 is 1.25 bits per heavy atom. The van der Waals surface area contributed by atoms with Gasteiger partial charge in [-0.2, -0.15) is 13.2 Å². The van der Waals surface area contributed by atoms with E-state index in [9.17, 15) is 17.4 Å². The maximum Gasteiger partial charge on any atom is 0.317 e. The molecule has 0 radical (unpaired) electrons. The van der Waals surface area contributed by atoms with Gasteiger partial charge in [0.05, 0.1) is 0 Å². The molecule has 0 saturated heterocycles. The Balaban J connectivity index is 4.36. The minimum atomic E-state index is -2.84. The number of alkyl halides is 3. The molecule has 0 aliphatic heterocycles. The summed E-state index contributed by atoms with van der Waals surface area (Å²) in [5, 5.41) is -2.11. The molecule has 0 rings (SSSR count). The predicted octanol–water partition coefficient (Wildman–Crippen LogP) is 3.50. The average molecular weight is 397 g/mol. The number of halogens is 6. The van der Waals surface area contributed by atoms with Crippen LogP contribution < -0.4 is 0 Å². The van der Waals surface area contributed by atoms with Crippen molar-refractivity contribution in [1.29, 1.82) is 0 Å². The summed E-state index contributed by atoms with van der Waals surface area (Å²) in [5.74, 6) is 0. The fourth-order valence-electron chi connectivity index (χ4n) is 0.185. The van der Waals surface area contributed by atoms with Gasteiger partial charge in [-0.15, -0.1) is 0 Å². The van der Waals surface area contributed by atoms with Crippen molar-refractivity contribution in [1.82, 2.24) is 0 Å². The summed E-state index contributed by atoms with van der Waals surface area (Å²) in [6.07, 6.45) is -2.68. The van der Waals surface area contributed by atoms with Gasteiger partial charge in [-0.3, -0.25) is 0 Å². The van der Waals surface area contributed by atoms with E-state index in [0.717, 1.165) is 0 Å². The van der Waals surface area contributed by atoms with Gasteiger partial charge in [0.15, 0.2) is 0 Å². The monoisotopic (exact) mass is 394 g/mol. The molecule has 0 heterocycles. The van der Waals surface area contributed by atoms with Gasteiger partial charge in [0.1, 0.15) is 0 Å². The minimum absolute atomic E-state index is 1.48. The van der Waals surface area contributed by atoms with Crippen molar-refractivity contribution >= 4 is 58.9 Å². The molecule has 0 aliphatic rings. The topological polar surface area (TPSA) is 26.3 Å². The molecule has 0 aliphatic carbocycles. The van der Waals surface area contributed by atoms with Crippen molar-refractivity contribution in [2.75, 3.05) is 0 Å². The fraction of sp³-hybridized carbons (Fsp3) is 0.333. The Kier molecular flexibility index (Phi) is 5.54. The maximum atomic E-state index is 12.1. The first-order chi connectivity index (χ1) is 5.24. The quantitative estimate of drug-likeness (QED) is 0.668. The lowest BCUT2D eigenvalue weighted by molar-refractivity contribution is 0.364. The second-order valence-electron chi connectivity index (χ2n) is 1.30. The standard InChI is InChI=1S/C3Br3F3O2S/c4-3(5,6)11-12(10)2(9)1(7)8. The second-order valence-corrected chi connectivity index (χ2v) is 8.84. The molecule has 2 nitrogen and oxygen atoms in total. The van der Waals surface area contributed by atoms with Crippen LogP contribution in [0.4, 0.5) is 13.2 Å². The Morgan fingerprint density at radius 3 is 1.92 bits per heavy atom. The van der Waals surface area contributed by atoms with Crippen LogP contribution in [-0.4, -0.2) is 6.54 Å². The zero-order valence-corrected chi connectivity index (χ0v) is 10.6. The molecule has 0 fully saturated rings. The predicted molar refractivity (Wildman–Crippen MR) is 49.1 cm³/mol. The number of hydrogen-bond acceptors (Lipinski definition) is 2. The lowest BCUT2D eigenvalue weighted by Gasteiger charge is -2.09. The number of rotatable bonds is 2. The molecule has 0 N–H and O–H groups in total. The van der Waals surface area contributed by atoms with Crippen molar-refractivity contribution in [2.45, 2.75) is 2.33 Å². The van der Waals surface area contributed by atoms with Crippen molar-refractivity contribution in [3.05, 3.63) is 11.2 Å². The van der Waals surface area contributed by atoms with Crippen LogP contribution in [0.2, 0.25) is 0 Å². The Bertz CT molecular complexity index is 221. The van der Waals surface area contributed by atoms with Gasteiger partial charge in [-0.25, -0.2) is 8.39 Å². The average Bonchev–Trinajstić information content (AvgIpc) is 1.82. The summed E-state index contributed by atoms with van der Waals surface area (Å²) in [6, 6.07) is 0. The summed E-state index contributed by atoms with van der Waals surface area (Å²) in [7, 11) is 0. The third-order valence-electron chi connectivity index (χ3n) is 0.465. The molecule has 1 unspecified atom stereocenters. The Labute approximate surface area is 93.6 Å². The van der Waals surface area contributed by atoms with Crippen LogP contribution in [0.5, 0.6) is 0 Å². The highest BCUT2D eigenvalue weighted by atomic mass is 80.0. The van der Waals surface area contributed by atoms with Crippen LogP contribution in [0.25, 0.3) is 0 Å². The third-order valence-corrected chi connectivity index (χ3v) is 2.44. The molecule has 0 aromatic heterocycles. The second kappa shape index (κ2) is 5.08. The first-order valence-electron chi connectivity index (χ1n) is 2.13. The minimum Gasteiger partial charge on any atom is -0.243 e. The van der Waals surface area contributed by atoms with E-state index in [1.165, 1.54) is 0 Å². The SMILES string of the molecule is O=S(OC(Br)(Br)Br)C(F)=C(F)F. The molecule has 72 valence electrons. The summed E-state index contributed by atoms with van der Waals surface area (Å²) in [4.78, 5) is 0. The molecule has 9 heteroatoms. The molecule has 0 amide bonds. The van der Waals surface area contributed by atoms with Crippen LogP contribution in [-0.2, 0) is 15.3 Å². The summed E-state index contributed by atoms with van der Waals surface area (Å²) in [5.41, 5.74) is 0. The van der Waals surface area contributed by atoms with Gasteiger partial charge in [0.25, 0.3) is 5.16 Å². The fourth-order valence-corrected chi connectivity index (χ4v) is 1.64. The molecule has 0 aromatic carbocycles. The van der Waals surface area contributed by atoms with E-state index in [1.807, 2.05) is 0 Å². The zero-order chi connectivity index (χ0) is 9.94. The van der Waals surface area contributed by atoms with E-state index in [-0.39, 0.29) is 0 Å². The number of hydrogen-bond donors (Lipinski definition) is 0. The molecular weight excluding hydrogens is 397 g/mol. The molecule has 0 bridgehead atoms. The van der Waals surface area contributed by atoms with Crippen LogP contribution in [0.3, 0.4) is 0 Å². The van der Waals surface area contributed by atoms with Gasteiger partial charge >= 0.3 is 6.08 Å². The summed E-state index contributed by atoms with van der Waals surface area (Å²) in [6.45, 7) is 0. The molecule has 0 spiro atoms. The van der Waals surface area contributed by atoms with Crippen molar-refractivity contribution < 1.29 is 21.6 Å².